The Hall–Kier alpha value is -3.26. The largest absolute Gasteiger partial charge is 0.309 e. The molecule has 0 saturated heterocycles. The first-order chi connectivity index (χ1) is 13.3. The maximum Gasteiger partial charge on any atom is 0.154 e. The van der Waals surface area contributed by atoms with Gasteiger partial charge in [0.15, 0.2) is 7.28 Å². The first-order valence-corrected chi connectivity index (χ1v) is 9.53. The number of fused-ring (bicyclic) bond motifs is 3. The molecule has 128 valence electrons. The molecule has 0 radical (unpaired) electrons. The highest BCUT2D eigenvalue weighted by Gasteiger charge is 2.12. The highest BCUT2D eigenvalue weighted by atomic mass is 15.0. The van der Waals surface area contributed by atoms with Crippen LogP contribution in [-0.4, -0.2) is 11.8 Å². The molecular weight excluding hydrogens is 325 g/mol. The molecule has 0 N–H and O–H groups in total. The third kappa shape index (κ3) is 2.65. The molecule has 0 unspecified atom stereocenters. The molecule has 1 aromatic heterocycles. The minimum absolute atomic E-state index is 1.06. The van der Waals surface area contributed by atoms with Crippen molar-refractivity contribution in [1.82, 2.24) is 4.57 Å². The molecule has 0 fully saturated rings. The van der Waals surface area contributed by atoms with Crippen LogP contribution in [-0.2, 0) is 0 Å². The molecular formula is C25H20BN. The van der Waals surface area contributed by atoms with E-state index in [1.165, 1.54) is 44.1 Å². The lowest BCUT2D eigenvalue weighted by atomic mass is 9.73. The molecule has 0 aliphatic carbocycles. The zero-order valence-corrected chi connectivity index (χ0v) is 15.4. The molecule has 1 nitrogen and oxygen atoms in total. The topological polar surface area (TPSA) is 4.93 Å². The lowest BCUT2D eigenvalue weighted by Gasteiger charge is -2.09. The lowest BCUT2D eigenvalue weighted by molar-refractivity contribution is 1.18. The summed E-state index contributed by atoms with van der Waals surface area (Å²) < 4.78 is 2.37. The van der Waals surface area contributed by atoms with E-state index in [9.17, 15) is 0 Å². The van der Waals surface area contributed by atoms with Crippen LogP contribution in [0.2, 0.25) is 6.82 Å². The molecule has 2 heteroatoms. The monoisotopic (exact) mass is 345 g/mol. The van der Waals surface area contributed by atoms with E-state index in [2.05, 4.69) is 108 Å². The predicted molar refractivity (Wildman–Crippen MR) is 119 cm³/mol. The van der Waals surface area contributed by atoms with E-state index in [0.717, 1.165) is 7.28 Å². The minimum Gasteiger partial charge on any atom is -0.309 e. The maximum atomic E-state index is 2.37. The summed E-state index contributed by atoms with van der Waals surface area (Å²) in [7, 11) is 1.06. The van der Waals surface area contributed by atoms with Gasteiger partial charge in [-0.15, -0.1) is 0 Å². The molecule has 0 amide bonds. The normalized spacial score (nSPS) is 11.1. The van der Waals surface area contributed by atoms with E-state index in [0.29, 0.717) is 0 Å². The summed E-state index contributed by atoms with van der Waals surface area (Å²) in [6, 6.07) is 35.0. The highest BCUT2D eigenvalue weighted by molar-refractivity contribution is 6.52. The van der Waals surface area contributed by atoms with Crippen molar-refractivity contribution < 1.29 is 0 Å². The first-order valence-electron chi connectivity index (χ1n) is 9.53. The summed E-state index contributed by atoms with van der Waals surface area (Å²) in [6.45, 7) is 2.21. The van der Waals surface area contributed by atoms with Gasteiger partial charge in [-0.25, -0.2) is 0 Å². The van der Waals surface area contributed by atoms with Crippen molar-refractivity contribution in [3.8, 4) is 16.8 Å². The summed E-state index contributed by atoms with van der Waals surface area (Å²) in [6.07, 6.45) is 0. The van der Waals surface area contributed by atoms with Gasteiger partial charge < -0.3 is 4.57 Å². The van der Waals surface area contributed by atoms with E-state index in [4.69, 9.17) is 0 Å². The maximum absolute atomic E-state index is 2.37. The Morgan fingerprint density at radius 2 is 1.26 bits per heavy atom. The van der Waals surface area contributed by atoms with Gasteiger partial charge >= 0.3 is 0 Å². The number of para-hydroxylation sites is 1. The fraction of sp³-hybridized carbons (Fsp3) is 0.0400. The van der Waals surface area contributed by atoms with E-state index in [1.54, 1.807) is 0 Å². The Kier molecular flexibility index (Phi) is 3.83. The van der Waals surface area contributed by atoms with Gasteiger partial charge in [0.1, 0.15) is 0 Å². The third-order valence-corrected chi connectivity index (χ3v) is 5.38. The number of aromatic nitrogens is 1. The Labute approximate surface area is 160 Å². The summed E-state index contributed by atoms with van der Waals surface area (Å²) >= 11 is 0. The number of rotatable bonds is 3. The smallest absolute Gasteiger partial charge is 0.154 e. The van der Waals surface area contributed by atoms with Gasteiger partial charge in [-0.3, -0.25) is 0 Å². The Morgan fingerprint density at radius 3 is 2.04 bits per heavy atom. The number of nitrogens with zero attached hydrogens (tertiary/aromatic N) is 1. The Balaban J connectivity index is 1.72. The molecule has 27 heavy (non-hydrogen) atoms. The highest BCUT2D eigenvalue weighted by Crippen LogP contribution is 2.32. The summed E-state index contributed by atoms with van der Waals surface area (Å²) in [5, 5.41) is 2.65. The molecule has 0 aliphatic rings. The van der Waals surface area contributed by atoms with Crippen LogP contribution in [0.25, 0.3) is 38.6 Å². The average Bonchev–Trinajstić information content (AvgIpc) is 3.08. The summed E-state index contributed by atoms with van der Waals surface area (Å²) in [4.78, 5) is 0. The zero-order chi connectivity index (χ0) is 18.2. The third-order valence-electron chi connectivity index (χ3n) is 5.38. The second-order valence-electron chi connectivity index (χ2n) is 6.97. The van der Waals surface area contributed by atoms with Crippen molar-refractivity contribution in [1.29, 1.82) is 0 Å². The molecule has 0 aliphatic heterocycles. The van der Waals surface area contributed by atoms with Crippen molar-refractivity contribution >= 4 is 34.5 Å². The van der Waals surface area contributed by atoms with Crippen LogP contribution in [0.4, 0.5) is 0 Å². The van der Waals surface area contributed by atoms with E-state index in [-0.39, 0.29) is 0 Å². The standard InChI is InChI=1S/C25H20BN/c1-26-20-13-16-25-23(17-20)22-9-5-6-10-24(22)27(25)21-14-11-19(12-15-21)18-7-3-2-4-8-18/h2-17,26H,1H3. The quantitative estimate of drug-likeness (QED) is 0.377. The van der Waals surface area contributed by atoms with Crippen molar-refractivity contribution in [2.75, 3.05) is 0 Å². The SMILES string of the molecule is CBc1ccc2c(c1)c1ccccc1n2-c1ccc(-c2ccccc2)cc1. The average molecular weight is 345 g/mol. The van der Waals surface area contributed by atoms with Crippen LogP contribution in [0.15, 0.2) is 97.1 Å². The molecule has 0 saturated carbocycles. The van der Waals surface area contributed by atoms with Crippen molar-refractivity contribution in [2.24, 2.45) is 0 Å². The van der Waals surface area contributed by atoms with Crippen molar-refractivity contribution in [2.45, 2.75) is 6.82 Å². The number of hydrogen-bond donors (Lipinski definition) is 0. The second-order valence-corrected chi connectivity index (χ2v) is 6.97. The van der Waals surface area contributed by atoms with Gasteiger partial charge in [-0.2, -0.15) is 0 Å². The Bertz CT molecular complexity index is 1230. The lowest BCUT2D eigenvalue weighted by Crippen LogP contribution is -2.09. The van der Waals surface area contributed by atoms with Crippen LogP contribution in [0.3, 0.4) is 0 Å². The molecule has 5 rings (SSSR count). The van der Waals surface area contributed by atoms with Crippen molar-refractivity contribution in [3.05, 3.63) is 97.1 Å². The van der Waals surface area contributed by atoms with Gasteiger partial charge in [0, 0.05) is 16.5 Å². The molecule has 0 bridgehead atoms. The van der Waals surface area contributed by atoms with Crippen LogP contribution in [0, 0.1) is 0 Å². The second kappa shape index (κ2) is 6.48. The zero-order valence-electron chi connectivity index (χ0n) is 15.4. The van der Waals surface area contributed by atoms with Crippen LogP contribution in [0.5, 0.6) is 0 Å². The summed E-state index contributed by atoms with van der Waals surface area (Å²) in [5.74, 6) is 0. The fourth-order valence-corrected chi connectivity index (χ4v) is 3.95. The van der Waals surface area contributed by atoms with E-state index >= 15 is 0 Å². The molecule has 1 heterocycles. The van der Waals surface area contributed by atoms with Crippen molar-refractivity contribution in [3.63, 3.8) is 0 Å². The van der Waals surface area contributed by atoms with Gasteiger partial charge in [0.05, 0.1) is 11.0 Å². The number of hydrogen-bond acceptors (Lipinski definition) is 0. The predicted octanol–water partition coefficient (Wildman–Crippen LogP) is 5.56. The summed E-state index contributed by atoms with van der Waals surface area (Å²) in [5.41, 5.74) is 7.59. The Morgan fingerprint density at radius 1 is 0.593 bits per heavy atom. The van der Waals surface area contributed by atoms with Gasteiger partial charge in [0.2, 0.25) is 0 Å². The van der Waals surface area contributed by atoms with Gasteiger partial charge in [0.25, 0.3) is 0 Å². The van der Waals surface area contributed by atoms with Gasteiger partial charge in [-0.05, 0) is 35.4 Å². The van der Waals surface area contributed by atoms with Crippen LogP contribution >= 0.6 is 0 Å². The first kappa shape index (κ1) is 16.0. The minimum atomic E-state index is 1.06. The molecule has 0 spiro atoms. The number of benzene rings is 4. The van der Waals surface area contributed by atoms with Crippen LogP contribution in [0.1, 0.15) is 0 Å². The molecule has 4 aromatic carbocycles. The fourth-order valence-electron chi connectivity index (χ4n) is 3.95. The molecule has 5 aromatic rings. The van der Waals surface area contributed by atoms with E-state index in [1.807, 2.05) is 0 Å². The van der Waals surface area contributed by atoms with Crippen LogP contribution < -0.4 is 5.46 Å². The van der Waals surface area contributed by atoms with E-state index < -0.39 is 0 Å². The molecule has 0 atom stereocenters. The van der Waals surface area contributed by atoms with Gasteiger partial charge in [-0.1, -0.05) is 85.1 Å².